The predicted octanol–water partition coefficient (Wildman–Crippen LogP) is 2.35. The summed E-state index contributed by atoms with van der Waals surface area (Å²) in [6.45, 7) is 0. The molecular weight excluding hydrogens is 191 g/mol. The van der Waals surface area contributed by atoms with Crippen molar-refractivity contribution in [2.75, 3.05) is 0 Å². The summed E-state index contributed by atoms with van der Waals surface area (Å²) in [6, 6.07) is 4.67. The topological polar surface area (TPSA) is 26.0 Å². The molecule has 0 amide bonds. The van der Waals surface area contributed by atoms with Gasteiger partial charge in [-0.25, -0.2) is 13.2 Å². The summed E-state index contributed by atoms with van der Waals surface area (Å²) in [5.74, 6) is -0.327. The van der Waals surface area contributed by atoms with E-state index in [0.29, 0.717) is 6.42 Å². The Kier molecular flexibility index (Phi) is 3.95. The number of aryl methyl sites for hydroxylation is 1. The minimum Gasteiger partial charge on any atom is -0.323 e. The highest BCUT2D eigenvalue weighted by Crippen LogP contribution is 2.09. The van der Waals surface area contributed by atoms with Crippen LogP contribution in [0.5, 0.6) is 0 Å². The Hall–Kier alpha value is -1.03. The highest BCUT2D eigenvalue weighted by atomic mass is 19.3. The summed E-state index contributed by atoms with van der Waals surface area (Å²) in [5.41, 5.74) is 5.99. The average molecular weight is 203 g/mol. The third-order valence-corrected chi connectivity index (χ3v) is 2.00. The van der Waals surface area contributed by atoms with Gasteiger partial charge >= 0.3 is 0 Å². The molecule has 0 radical (unpaired) electrons. The number of hydrogen-bond acceptors (Lipinski definition) is 1. The summed E-state index contributed by atoms with van der Waals surface area (Å²) in [4.78, 5) is 0. The third kappa shape index (κ3) is 3.38. The van der Waals surface area contributed by atoms with Crippen LogP contribution in [0.2, 0.25) is 0 Å². The minimum absolute atomic E-state index is 0.212. The van der Waals surface area contributed by atoms with Crippen molar-refractivity contribution < 1.29 is 13.2 Å². The van der Waals surface area contributed by atoms with Crippen molar-refractivity contribution in [2.45, 2.75) is 25.3 Å². The smallest absolute Gasteiger partial charge is 0.253 e. The van der Waals surface area contributed by atoms with Gasteiger partial charge in [0.05, 0.1) is 6.04 Å². The summed E-state index contributed by atoms with van der Waals surface area (Å²) in [6.07, 6.45) is -1.83. The number of hydrogen-bond donors (Lipinski definition) is 1. The van der Waals surface area contributed by atoms with Gasteiger partial charge in [-0.3, -0.25) is 0 Å². The van der Waals surface area contributed by atoms with E-state index < -0.39 is 12.5 Å². The molecule has 1 rings (SSSR count). The van der Waals surface area contributed by atoms with E-state index in [1.54, 1.807) is 12.1 Å². The maximum Gasteiger partial charge on any atom is 0.253 e. The van der Waals surface area contributed by atoms with Crippen LogP contribution in [0.1, 0.15) is 12.0 Å². The van der Waals surface area contributed by atoms with Crippen LogP contribution < -0.4 is 5.73 Å². The van der Waals surface area contributed by atoms with Crippen LogP contribution in [-0.2, 0) is 6.42 Å². The lowest BCUT2D eigenvalue weighted by Crippen LogP contribution is -2.28. The Morgan fingerprint density at radius 2 is 1.71 bits per heavy atom. The molecule has 0 aromatic heterocycles. The highest BCUT2D eigenvalue weighted by molar-refractivity contribution is 5.16. The van der Waals surface area contributed by atoms with Crippen molar-refractivity contribution in [1.82, 2.24) is 0 Å². The largest absolute Gasteiger partial charge is 0.323 e. The molecule has 0 saturated heterocycles. The van der Waals surface area contributed by atoms with Crippen LogP contribution in [-0.4, -0.2) is 12.5 Å². The molecule has 0 heterocycles. The normalized spacial score (nSPS) is 13.2. The van der Waals surface area contributed by atoms with Gasteiger partial charge in [0, 0.05) is 0 Å². The Bertz CT molecular complexity index is 271. The molecule has 0 bridgehead atoms. The van der Waals surface area contributed by atoms with E-state index in [1.165, 1.54) is 12.1 Å². The second-order valence-corrected chi connectivity index (χ2v) is 3.16. The van der Waals surface area contributed by atoms with Crippen LogP contribution in [0.4, 0.5) is 13.2 Å². The second-order valence-electron chi connectivity index (χ2n) is 3.16. The molecule has 1 nitrogen and oxygen atoms in total. The minimum atomic E-state index is -2.49. The Balaban J connectivity index is 2.42. The van der Waals surface area contributed by atoms with E-state index >= 15 is 0 Å². The molecule has 1 unspecified atom stereocenters. The summed E-state index contributed by atoms with van der Waals surface area (Å²) < 4.78 is 36.5. The molecule has 0 aliphatic rings. The molecule has 0 saturated carbocycles. The van der Waals surface area contributed by atoms with Crippen LogP contribution in [0, 0.1) is 5.82 Å². The van der Waals surface area contributed by atoms with Crippen molar-refractivity contribution in [3.05, 3.63) is 35.6 Å². The van der Waals surface area contributed by atoms with E-state index in [1.807, 2.05) is 0 Å². The second kappa shape index (κ2) is 5.00. The first-order valence-electron chi connectivity index (χ1n) is 4.38. The zero-order valence-electron chi connectivity index (χ0n) is 7.59. The van der Waals surface area contributed by atoms with Gasteiger partial charge in [0.25, 0.3) is 6.43 Å². The van der Waals surface area contributed by atoms with Gasteiger partial charge in [-0.05, 0) is 30.5 Å². The average Bonchev–Trinajstić information content (AvgIpc) is 2.16. The number of benzene rings is 1. The maximum atomic E-state index is 12.5. The highest BCUT2D eigenvalue weighted by Gasteiger charge is 2.14. The molecule has 0 spiro atoms. The molecule has 1 aromatic rings. The van der Waals surface area contributed by atoms with E-state index in [-0.39, 0.29) is 12.2 Å². The van der Waals surface area contributed by atoms with E-state index in [4.69, 9.17) is 5.73 Å². The number of rotatable bonds is 4. The summed E-state index contributed by atoms with van der Waals surface area (Å²) in [7, 11) is 0. The van der Waals surface area contributed by atoms with E-state index in [9.17, 15) is 13.2 Å². The standard InChI is InChI=1S/C10H12F3N/c11-8-4-1-7(2-5-8)3-6-9(14)10(12)13/h1-2,4-5,9-10H,3,6,14H2. The van der Waals surface area contributed by atoms with Crippen molar-refractivity contribution >= 4 is 0 Å². The fraction of sp³-hybridized carbons (Fsp3) is 0.400. The first-order chi connectivity index (χ1) is 6.59. The van der Waals surface area contributed by atoms with Crippen molar-refractivity contribution in [2.24, 2.45) is 5.73 Å². The van der Waals surface area contributed by atoms with Gasteiger partial charge < -0.3 is 5.73 Å². The molecule has 0 aliphatic carbocycles. The summed E-state index contributed by atoms with van der Waals surface area (Å²) in [5, 5.41) is 0. The molecule has 4 heteroatoms. The van der Waals surface area contributed by atoms with Crippen LogP contribution >= 0.6 is 0 Å². The van der Waals surface area contributed by atoms with Gasteiger partial charge in [-0.2, -0.15) is 0 Å². The Morgan fingerprint density at radius 3 is 2.21 bits per heavy atom. The third-order valence-electron chi connectivity index (χ3n) is 2.00. The lowest BCUT2D eigenvalue weighted by molar-refractivity contribution is 0.112. The molecule has 78 valence electrons. The van der Waals surface area contributed by atoms with Crippen LogP contribution in [0.3, 0.4) is 0 Å². The fourth-order valence-corrected chi connectivity index (χ4v) is 1.11. The molecule has 2 N–H and O–H groups in total. The first-order valence-corrected chi connectivity index (χ1v) is 4.38. The fourth-order valence-electron chi connectivity index (χ4n) is 1.11. The summed E-state index contributed by atoms with van der Waals surface area (Å²) >= 11 is 0. The van der Waals surface area contributed by atoms with Gasteiger partial charge in [-0.15, -0.1) is 0 Å². The molecule has 1 aromatic carbocycles. The van der Waals surface area contributed by atoms with Gasteiger partial charge in [0.2, 0.25) is 0 Å². The van der Waals surface area contributed by atoms with E-state index in [0.717, 1.165) is 5.56 Å². The SMILES string of the molecule is NC(CCc1ccc(F)cc1)C(F)F. The number of nitrogens with two attached hydrogens (primary N) is 1. The Labute approximate surface area is 80.7 Å². The molecule has 1 atom stereocenters. The quantitative estimate of drug-likeness (QED) is 0.798. The van der Waals surface area contributed by atoms with Crippen molar-refractivity contribution in [3.63, 3.8) is 0 Å². The number of alkyl halides is 2. The molecule has 14 heavy (non-hydrogen) atoms. The zero-order chi connectivity index (χ0) is 10.6. The van der Waals surface area contributed by atoms with Crippen molar-refractivity contribution in [3.8, 4) is 0 Å². The molecule has 0 aliphatic heterocycles. The molecule has 0 fully saturated rings. The monoisotopic (exact) mass is 203 g/mol. The van der Waals surface area contributed by atoms with Crippen LogP contribution in [0.15, 0.2) is 24.3 Å². The van der Waals surface area contributed by atoms with Crippen LogP contribution in [0.25, 0.3) is 0 Å². The maximum absolute atomic E-state index is 12.5. The lowest BCUT2D eigenvalue weighted by atomic mass is 10.1. The lowest BCUT2D eigenvalue weighted by Gasteiger charge is -2.09. The van der Waals surface area contributed by atoms with E-state index in [2.05, 4.69) is 0 Å². The number of halogens is 3. The van der Waals surface area contributed by atoms with Gasteiger partial charge in [0.1, 0.15) is 5.82 Å². The zero-order valence-corrected chi connectivity index (χ0v) is 7.59. The molecular formula is C10H12F3N. The van der Waals surface area contributed by atoms with Gasteiger partial charge in [-0.1, -0.05) is 12.1 Å². The predicted molar refractivity (Wildman–Crippen MR) is 48.7 cm³/mol. The van der Waals surface area contributed by atoms with Gasteiger partial charge in [0.15, 0.2) is 0 Å². The first kappa shape index (κ1) is 11.0. The Morgan fingerprint density at radius 1 is 1.14 bits per heavy atom. The van der Waals surface area contributed by atoms with Crippen molar-refractivity contribution in [1.29, 1.82) is 0 Å².